The Labute approximate surface area is 117 Å². The second kappa shape index (κ2) is 7.09. The van der Waals surface area contributed by atoms with Crippen LogP contribution in [0.5, 0.6) is 0 Å². The molecule has 8 nitrogen and oxygen atoms in total. The molecule has 0 aliphatic carbocycles. The van der Waals surface area contributed by atoms with Gasteiger partial charge in [-0.05, 0) is 26.2 Å². The molecular formula is C12H21N3O5. The topological polar surface area (TPSA) is 122 Å². The Morgan fingerprint density at radius 1 is 1.40 bits per heavy atom. The number of carboxylic acid groups (broad SMARTS) is 1. The monoisotopic (exact) mass is 287 g/mol. The minimum absolute atomic E-state index is 0.145. The first-order chi connectivity index (χ1) is 9.38. The molecular weight excluding hydrogens is 266 g/mol. The van der Waals surface area contributed by atoms with Gasteiger partial charge in [-0.3, -0.25) is 4.79 Å². The van der Waals surface area contributed by atoms with Gasteiger partial charge in [-0.1, -0.05) is 0 Å². The maximum atomic E-state index is 12.0. The summed E-state index contributed by atoms with van der Waals surface area (Å²) in [6.45, 7) is 2.10. The van der Waals surface area contributed by atoms with Crippen LogP contribution in [0.15, 0.2) is 0 Å². The molecule has 0 saturated carbocycles. The number of carbonyl (C=O) groups excluding carboxylic acids is 2. The van der Waals surface area contributed by atoms with E-state index in [1.54, 1.807) is 6.92 Å². The molecule has 3 amide bonds. The van der Waals surface area contributed by atoms with Crippen LogP contribution < -0.4 is 11.1 Å². The number of ether oxygens (including phenoxy) is 1. The Kier molecular flexibility index (Phi) is 5.75. The summed E-state index contributed by atoms with van der Waals surface area (Å²) in [5.41, 5.74) is 3.73. The van der Waals surface area contributed by atoms with Crippen LogP contribution in [-0.4, -0.2) is 59.8 Å². The predicted molar refractivity (Wildman–Crippen MR) is 70.0 cm³/mol. The number of nitrogens with zero attached hydrogens (tertiary/aromatic N) is 1. The number of piperidine rings is 1. The molecule has 1 fully saturated rings. The number of nitrogens with two attached hydrogens (primary N) is 1. The Balaban J connectivity index is 2.44. The van der Waals surface area contributed by atoms with Crippen molar-refractivity contribution < 1.29 is 24.2 Å². The van der Waals surface area contributed by atoms with Crippen molar-refractivity contribution in [2.24, 2.45) is 5.73 Å². The summed E-state index contributed by atoms with van der Waals surface area (Å²) >= 11 is 0. The second-order valence-corrected chi connectivity index (χ2v) is 4.94. The molecule has 0 aromatic carbocycles. The quantitative estimate of drug-likeness (QED) is 0.570. The zero-order chi connectivity index (χ0) is 15.2. The second-order valence-electron chi connectivity index (χ2n) is 4.94. The van der Waals surface area contributed by atoms with Crippen LogP contribution in [0.4, 0.5) is 4.79 Å². The van der Waals surface area contributed by atoms with Gasteiger partial charge in [0.15, 0.2) is 0 Å². The number of nitrogens with one attached hydrogen (secondary N) is 1. The van der Waals surface area contributed by atoms with Crippen molar-refractivity contribution in [3.63, 3.8) is 0 Å². The van der Waals surface area contributed by atoms with Gasteiger partial charge in [-0.25, -0.2) is 9.59 Å². The van der Waals surface area contributed by atoms with E-state index in [4.69, 9.17) is 10.5 Å². The van der Waals surface area contributed by atoms with Gasteiger partial charge in [-0.15, -0.1) is 0 Å². The molecule has 0 aromatic heterocycles. The fraction of sp³-hybridized carbons (Fsp3) is 0.750. The Morgan fingerprint density at radius 2 is 2.10 bits per heavy atom. The lowest BCUT2D eigenvalue weighted by Gasteiger charge is -2.41. The first kappa shape index (κ1) is 16.2. The van der Waals surface area contributed by atoms with E-state index in [1.165, 1.54) is 4.90 Å². The molecule has 1 heterocycles. The number of aliphatic carboxylic acids is 1. The number of hydrogen-bond acceptors (Lipinski definition) is 4. The predicted octanol–water partition coefficient (Wildman–Crippen LogP) is -0.473. The number of amides is 3. The van der Waals surface area contributed by atoms with Crippen LogP contribution in [-0.2, 0) is 14.3 Å². The highest BCUT2D eigenvalue weighted by molar-refractivity contribution is 5.86. The lowest BCUT2D eigenvalue weighted by atomic mass is 9.89. The van der Waals surface area contributed by atoms with Crippen molar-refractivity contribution in [1.82, 2.24) is 10.2 Å². The van der Waals surface area contributed by atoms with Crippen molar-refractivity contribution in [2.75, 3.05) is 26.3 Å². The fourth-order valence-corrected chi connectivity index (χ4v) is 2.17. The van der Waals surface area contributed by atoms with E-state index in [-0.39, 0.29) is 19.8 Å². The fourth-order valence-electron chi connectivity index (χ4n) is 2.17. The largest absolute Gasteiger partial charge is 0.480 e. The van der Waals surface area contributed by atoms with Crippen molar-refractivity contribution in [2.45, 2.75) is 31.7 Å². The van der Waals surface area contributed by atoms with E-state index in [1.807, 2.05) is 0 Å². The van der Waals surface area contributed by atoms with E-state index in [9.17, 15) is 19.5 Å². The molecule has 1 saturated heterocycles. The van der Waals surface area contributed by atoms with E-state index in [2.05, 4.69) is 5.32 Å². The highest BCUT2D eigenvalue weighted by Crippen LogP contribution is 2.28. The van der Waals surface area contributed by atoms with Crippen molar-refractivity contribution >= 4 is 17.9 Å². The Morgan fingerprint density at radius 3 is 2.70 bits per heavy atom. The molecule has 0 radical (unpaired) electrons. The number of carbonyl (C=O) groups is 3. The average molecular weight is 287 g/mol. The minimum Gasteiger partial charge on any atom is -0.480 e. The van der Waals surface area contributed by atoms with E-state index < -0.39 is 23.4 Å². The lowest BCUT2D eigenvalue weighted by molar-refractivity contribution is -0.150. The van der Waals surface area contributed by atoms with Crippen molar-refractivity contribution in [1.29, 1.82) is 0 Å². The summed E-state index contributed by atoms with van der Waals surface area (Å²) in [5, 5.41) is 11.9. The summed E-state index contributed by atoms with van der Waals surface area (Å²) in [6, 6.07) is -0.433. The third-order valence-corrected chi connectivity index (χ3v) is 3.36. The SMILES string of the molecule is CC1(C(=O)O)CCCCN1C(=O)NCCOCC(N)=O. The van der Waals surface area contributed by atoms with E-state index in [0.717, 1.165) is 12.8 Å². The molecule has 1 aliphatic heterocycles. The van der Waals surface area contributed by atoms with Gasteiger partial charge < -0.3 is 25.8 Å². The van der Waals surface area contributed by atoms with Crippen LogP contribution in [0, 0.1) is 0 Å². The van der Waals surface area contributed by atoms with Gasteiger partial charge in [-0.2, -0.15) is 0 Å². The molecule has 0 aromatic rings. The molecule has 8 heteroatoms. The van der Waals surface area contributed by atoms with Gasteiger partial charge in [0, 0.05) is 13.1 Å². The molecule has 4 N–H and O–H groups in total. The Bertz CT molecular complexity index is 387. The van der Waals surface area contributed by atoms with Crippen LogP contribution in [0.3, 0.4) is 0 Å². The molecule has 1 aliphatic rings. The normalized spacial score (nSPS) is 22.4. The van der Waals surface area contributed by atoms with Crippen LogP contribution in [0.1, 0.15) is 26.2 Å². The highest BCUT2D eigenvalue weighted by atomic mass is 16.5. The van der Waals surface area contributed by atoms with Crippen LogP contribution in [0.2, 0.25) is 0 Å². The molecule has 1 atom stereocenters. The first-order valence-corrected chi connectivity index (χ1v) is 6.53. The van der Waals surface area contributed by atoms with Crippen LogP contribution in [0.25, 0.3) is 0 Å². The van der Waals surface area contributed by atoms with Gasteiger partial charge in [0.2, 0.25) is 5.91 Å². The number of primary amides is 1. The molecule has 0 bridgehead atoms. The minimum atomic E-state index is -1.17. The van der Waals surface area contributed by atoms with Gasteiger partial charge in [0.05, 0.1) is 6.61 Å². The molecule has 1 unspecified atom stereocenters. The number of likely N-dealkylation sites (tertiary alicyclic amines) is 1. The zero-order valence-corrected chi connectivity index (χ0v) is 11.6. The number of rotatable bonds is 6. The maximum absolute atomic E-state index is 12.0. The van der Waals surface area contributed by atoms with Gasteiger partial charge >= 0.3 is 12.0 Å². The van der Waals surface area contributed by atoms with Crippen molar-refractivity contribution in [3.05, 3.63) is 0 Å². The molecule has 0 spiro atoms. The number of urea groups is 1. The van der Waals surface area contributed by atoms with E-state index in [0.29, 0.717) is 13.0 Å². The summed E-state index contributed by atoms with van der Waals surface area (Å²) in [5.74, 6) is -1.58. The Hall–Kier alpha value is -1.83. The number of carboxylic acids is 1. The summed E-state index contributed by atoms with van der Waals surface area (Å²) < 4.78 is 4.91. The zero-order valence-electron chi connectivity index (χ0n) is 11.6. The number of hydrogen-bond donors (Lipinski definition) is 3. The standard InChI is InChI=1S/C12H21N3O5/c1-12(10(17)18)4-2-3-6-15(12)11(19)14-5-7-20-8-9(13)16/h2-8H2,1H3,(H2,13,16)(H,14,19)(H,17,18). The summed E-state index contributed by atoms with van der Waals surface area (Å²) in [6.07, 6.45) is 2.01. The molecule has 114 valence electrons. The maximum Gasteiger partial charge on any atom is 0.329 e. The first-order valence-electron chi connectivity index (χ1n) is 6.53. The van der Waals surface area contributed by atoms with Crippen LogP contribution >= 0.6 is 0 Å². The molecule has 20 heavy (non-hydrogen) atoms. The van der Waals surface area contributed by atoms with Gasteiger partial charge in [0.1, 0.15) is 12.1 Å². The summed E-state index contributed by atoms with van der Waals surface area (Å²) in [4.78, 5) is 35.1. The van der Waals surface area contributed by atoms with Crippen molar-refractivity contribution in [3.8, 4) is 0 Å². The molecule has 1 rings (SSSR count). The van der Waals surface area contributed by atoms with E-state index >= 15 is 0 Å². The smallest absolute Gasteiger partial charge is 0.329 e. The highest BCUT2D eigenvalue weighted by Gasteiger charge is 2.43. The van der Waals surface area contributed by atoms with Gasteiger partial charge in [0.25, 0.3) is 0 Å². The summed E-state index contributed by atoms with van der Waals surface area (Å²) in [7, 11) is 0. The lowest BCUT2D eigenvalue weighted by Crippen LogP contribution is -2.60. The third kappa shape index (κ3) is 4.09. The third-order valence-electron chi connectivity index (χ3n) is 3.36. The average Bonchev–Trinajstić information content (AvgIpc) is 2.38.